The highest BCUT2D eigenvalue weighted by molar-refractivity contribution is 5.89. The average Bonchev–Trinajstić information content (AvgIpc) is 2.63. The molecule has 0 spiro atoms. The van der Waals surface area contributed by atoms with Crippen molar-refractivity contribution in [2.45, 2.75) is 33.3 Å². The van der Waals surface area contributed by atoms with Crippen molar-refractivity contribution in [2.75, 3.05) is 6.61 Å². The number of rotatable bonds is 2. The summed E-state index contributed by atoms with van der Waals surface area (Å²) in [6.07, 6.45) is 2.05. The standard InChI is InChI=1S/C11H16N2O4/c1-5-16-9(14)8-12-6-7-13(8)10(15)17-11(2,3)4/h6-7H,5H2,1-4H3. The fourth-order valence-corrected chi connectivity index (χ4v) is 1.11. The third-order valence-corrected chi connectivity index (χ3v) is 1.69. The maximum Gasteiger partial charge on any atom is 0.420 e. The van der Waals surface area contributed by atoms with Gasteiger partial charge in [0.25, 0.3) is 0 Å². The Bertz CT molecular complexity index is 417. The van der Waals surface area contributed by atoms with Gasteiger partial charge in [-0.15, -0.1) is 0 Å². The monoisotopic (exact) mass is 240 g/mol. The summed E-state index contributed by atoms with van der Waals surface area (Å²) < 4.78 is 10.9. The molecule has 0 aliphatic rings. The first-order valence-electron chi connectivity index (χ1n) is 5.29. The molecule has 0 bridgehead atoms. The Morgan fingerprint density at radius 1 is 1.41 bits per heavy atom. The van der Waals surface area contributed by atoms with Gasteiger partial charge in [0.2, 0.25) is 5.82 Å². The van der Waals surface area contributed by atoms with E-state index in [-0.39, 0.29) is 12.4 Å². The van der Waals surface area contributed by atoms with Crippen molar-refractivity contribution in [3.05, 3.63) is 18.2 Å². The minimum atomic E-state index is -0.655. The van der Waals surface area contributed by atoms with Gasteiger partial charge in [-0.1, -0.05) is 0 Å². The first kappa shape index (κ1) is 13.2. The van der Waals surface area contributed by atoms with E-state index in [4.69, 9.17) is 9.47 Å². The van der Waals surface area contributed by atoms with E-state index < -0.39 is 17.7 Å². The van der Waals surface area contributed by atoms with Gasteiger partial charge in [0.1, 0.15) is 5.60 Å². The number of aromatic nitrogens is 2. The molecule has 6 nitrogen and oxygen atoms in total. The van der Waals surface area contributed by atoms with Crippen LogP contribution in [0.2, 0.25) is 0 Å². The average molecular weight is 240 g/mol. The molecule has 6 heteroatoms. The summed E-state index contributed by atoms with van der Waals surface area (Å²) in [5, 5.41) is 0. The molecule has 0 aliphatic heterocycles. The fourth-order valence-electron chi connectivity index (χ4n) is 1.11. The summed E-state index contributed by atoms with van der Waals surface area (Å²) in [5.41, 5.74) is -0.632. The van der Waals surface area contributed by atoms with Crippen LogP contribution in [-0.4, -0.2) is 33.8 Å². The van der Waals surface area contributed by atoms with Crippen LogP contribution in [0.1, 0.15) is 38.3 Å². The summed E-state index contributed by atoms with van der Waals surface area (Å²) >= 11 is 0. The zero-order chi connectivity index (χ0) is 13.1. The van der Waals surface area contributed by atoms with Gasteiger partial charge in [0.05, 0.1) is 6.61 Å². The van der Waals surface area contributed by atoms with Crippen molar-refractivity contribution in [2.24, 2.45) is 0 Å². The molecular formula is C11H16N2O4. The zero-order valence-corrected chi connectivity index (χ0v) is 10.4. The van der Waals surface area contributed by atoms with E-state index in [0.29, 0.717) is 0 Å². The Kier molecular flexibility index (Phi) is 3.88. The van der Waals surface area contributed by atoms with Crippen LogP contribution in [-0.2, 0) is 9.47 Å². The molecule has 0 aliphatic carbocycles. The Labute approximate surface area is 99.5 Å². The second-order valence-electron chi connectivity index (χ2n) is 4.32. The number of imidazole rings is 1. The van der Waals surface area contributed by atoms with Crippen molar-refractivity contribution >= 4 is 12.1 Å². The van der Waals surface area contributed by atoms with E-state index >= 15 is 0 Å². The molecule has 17 heavy (non-hydrogen) atoms. The van der Waals surface area contributed by atoms with Crippen molar-refractivity contribution in [1.82, 2.24) is 9.55 Å². The molecular weight excluding hydrogens is 224 g/mol. The second kappa shape index (κ2) is 4.99. The Balaban J connectivity index is 2.89. The quantitative estimate of drug-likeness (QED) is 0.738. The molecule has 1 aromatic heterocycles. The molecule has 0 N–H and O–H groups in total. The number of carbonyl (C=O) groups excluding carboxylic acids is 2. The van der Waals surface area contributed by atoms with E-state index in [0.717, 1.165) is 4.57 Å². The van der Waals surface area contributed by atoms with Crippen LogP contribution in [0.3, 0.4) is 0 Å². The number of hydrogen-bond acceptors (Lipinski definition) is 5. The first-order valence-corrected chi connectivity index (χ1v) is 5.29. The molecule has 1 aromatic rings. The van der Waals surface area contributed by atoms with E-state index in [2.05, 4.69) is 4.98 Å². The summed E-state index contributed by atoms with van der Waals surface area (Å²) in [6, 6.07) is 0. The van der Waals surface area contributed by atoms with Crippen molar-refractivity contribution < 1.29 is 19.1 Å². The van der Waals surface area contributed by atoms with Crippen molar-refractivity contribution in [3.63, 3.8) is 0 Å². The van der Waals surface area contributed by atoms with E-state index in [1.165, 1.54) is 12.4 Å². The lowest BCUT2D eigenvalue weighted by atomic mass is 10.2. The third-order valence-electron chi connectivity index (χ3n) is 1.69. The molecule has 0 unspecified atom stereocenters. The van der Waals surface area contributed by atoms with Gasteiger partial charge >= 0.3 is 12.1 Å². The highest BCUT2D eigenvalue weighted by Crippen LogP contribution is 2.10. The molecule has 0 aromatic carbocycles. The molecule has 94 valence electrons. The van der Waals surface area contributed by atoms with E-state index in [1.807, 2.05) is 0 Å². The van der Waals surface area contributed by atoms with Crippen molar-refractivity contribution in [1.29, 1.82) is 0 Å². The van der Waals surface area contributed by atoms with Crippen LogP contribution in [0.15, 0.2) is 12.4 Å². The number of nitrogens with zero attached hydrogens (tertiary/aromatic N) is 2. The molecule has 0 saturated carbocycles. The number of hydrogen-bond donors (Lipinski definition) is 0. The summed E-state index contributed by atoms with van der Waals surface area (Å²) in [5.74, 6) is -0.732. The molecule has 0 amide bonds. The van der Waals surface area contributed by atoms with Crippen LogP contribution >= 0.6 is 0 Å². The van der Waals surface area contributed by atoms with Gasteiger partial charge in [0, 0.05) is 12.4 Å². The van der Waals surface area contributed by atoms with Crippen LogP contribution < -0.4 is 0 Å². The Morgan fingerprint density at radius 2 is 2.06 bits per heavy atom. The molecule has 1 heterocycles. The number of carbonyl (C=O) groups is 2. The first-order chi connectivity index (χ1) is 7.85. The van der Waals surface area contributed by atoms with E-state index in [1.54, 1.807) is 27.7 Å². The number of esters is 1. The van der Waals surface area contributed by atoms with Crippen LogP contribution in [0.25, 0.3) is 0 Å². The highest BCUT2D eigenvalue weighted by Gasteiger charge is 2.23. The topological polar surface area (TPSA) is 70.4 Å². The predicted molar refractivity (Wildman–Crippen MR) is 59.8 cm³/mol. The van der Waals surface area contributed by atoms with Gasteiger partial charge in [-0.05, 0) is 27.7 Å². The fraction of sp³-hybridized carbons (Fsp3) is 0.545. The van der Waals surface area contributed by atoms with Crippen LogP contribution in [0, 0.1) is 0 Å². The summed E-state index contributed by atoms with van der Waals surface area (Å²) in [6.45, 7) is 7.13. The van der Waals surface area contributed by atoms with Gasteiger partial charge in [-0.3, -0.25) is 0 Å². The minimum Gasteiger partial charge on any atom is -0.460 e. The molecule has 0 radical (unpaired) electrons. The summed E-state index contributed by atoms with van der Waals surface area (Å²) in [7, 11) is 0. The Morgan fingerprint density at radius 3 is 2.59 bits per heavy atom. The van der Waals surface area contributed by atoms with E-state index in [9.17, 15) is 9.59 Å². The van der Waals surface area contributed by atoms with Crippen LogP contribution in [0.5, 0.6) is 0 Å². The molecule has 0 fully saturated rings. The third kappa shape index (κ3) is 3.58. The number of ether oxygens (including phenoxy) is 2. The van der Waals surface area contributed by atoms with Gasteiger partial charge in [-0.25, -0.2) is 19.1 Å². The molecule has 0 atom stereocenters. The second-order valence-corrected chi connectivity index (χ2v) is 4.32. The largest absolute Gasteiger partial charge is 0.460 e. The lowest BCUT2D eigenvalue weighted by Crippen LogP contribution is -2.29. The zero-order valence-electron chi connectivity index (χ0n) is 10.4. The maximum absolute atomic E-state index is 11.7. The van der Waals surface area contributed by atoms with Crippen LogP contribution in [0.4, 0.5) is 4.79 Å². The molecule has 0 saturated heterocycles. The van der Waals surface area contributed by atoms with Crippen molar-refractivity contribution in [3.8, 4) is 0 Å². The normalized spacial score (nSPS) is 11.1. The molecule has 1 rings (SSSR count). The predicted octanol–water partition coefficient (Wildman–Crippen LogP) is 1.84. The Hall–Kier alpha value is -1.85. The summed E-state index contributed by atoms with van der Waals surface area (Å²) in [4.78, 5) is 27.0. The lowest BCUT2D eigenvalue weighted by molar-refractivity contribution is 0.0442. The highest BCUT2D eigenvalue weighted by atomic mass is 16.6. The SMILES string of the molecule is CCOC(=O)c1nccn1C(=O)OC(C)(C)C. The lowest BCUT2D eigenvalue weighted by Gasteiger charge is -2.19. The van der Waals surface area contributed by atoms with Gasteiger partial charge in [-0.2, -0.15) is 0 Å². The van der Waals surface area contributed by atoms with Gasteiger partial charge < -0.3 is 9.47 Å². The minimum absolute atomic E-state index is 0.0823. The van der Waals surface area contributed by atoms with Gasteiger partial charge in [0.15, 0.2) is 0 Å². The smallest absolute Gasteiger partial charge is 0.420 e. The maximum atomic E-state index is 11.7.